The number of hydrogen-bond donors (Lipinski definition) is 1. The Kier molecular flexibility index (Phi) is 4.81. The Labute approximate surface area is 141 Å². The monoisotopic (exact) mass is 383 g/mol. The molecule has 1 N–H and O–H groups in total. The maximum atomic E-state index is 12.1. The number of ether oxygens (including phenoxy) is 1. The van der Waals surface area contributed by atoms with Crippen LogP contribution < -0.4 is 5.32 Å². The number of aromatic nitrogens is 2. The maximum absolute atomic E-state index is 12.1. The van der Waals surface area contributed by atoms with Crippen LogP contribution in [0.15, 0.2) is 34.9 Å². The van der Waals surface area contributed by atoms with Crippen LogP contribution in [0.25, 0.3) is 0 Å². The highest BCUT2D eigenvalue weighted by atomic mass is 79.9. The van der Waals surface area contributed by atoms with Crippen molar-refractivity contribution in [1.82, 2.24) is 9.78 Å². The molecule has 2 heterocycles. The molecular weight excluding hydrogens is 370 g/mol. The minimum absolute atomic E-state index is 0.144. The molecule has 7 heteroatoms. The van der Waals surface area contributed by atoms with Crippen molar-refractivity contribution in [2.24, 2.45) is 0 Å². The van der Waals surface area contributed by atoms with E-state index in [0.717, 1.165) is 22.9 Å². The van der Waals surface area contributed by atoms with Gasteiger partial charge in [-0.25, -0.2) is 0 Å². The summed E-state index contributed by atoms with van der Waals surface area (Å²) in [7, 11) is 0. The Hall–Kier alpha value is -1.37. The molecule has 1 aromatic heterocycles. The first kappa shape index (κ1) is 15.5. The fraction of sp³-hybridized carbons (Fsp3) is 0.333. The third kappa shape index (κ3) is 3.69. The molecule has 3 rings (SSSR count). The molecule has 0 spiro atoms. The Morgan fingerprint density at radius 1 is 1.45 bits per heavy atom. The molecule has 2 aromatic rings. The van der Waals surface area contributed by atoms with Gasteiger partial charge in [0.05, 0.1) is 11.0 Å². The van der Waals surface area contributed by atoms with Gasteiger partial charge < -0.3 is 10.1 Å². The van der Waals surface area contributed by atoms with Crippen LogP contribution in [-0.2, 0) is 16.1 Å². The number of rotatable bonds is 4. The van der Waals surface area contributed by atoms with Crippen molar-refractivity contribution in [1.29, 1.82) is 0 Å². The zero-order valence-corrected chi connectivity index (χ0v) is 14.1. The number of carbonyl (C=O) groups is 1. The van der Waals surface area contributed by atoms with Gasteiger partial charge in [-0.3, -0.25) is 9.48 Å². The molecule has 1 amide bonds. The van der Waals surface area contributed by atoms with Crippen LogP contribution in [0.5, 0.6) is 0 Å². The van der Waals surface area contributed by atoms with Gasteiger partial charge in [-0.2, -0.15) is 5.10 Å². The molecule has 1 atom stereocenters. The number of hydrogen-bond acceptors (Lipinski definition) is 3. The molecule has 1 aliphatic rings. The lowest BCUT2D eigenvalue weighted by atomic mass is 10.2. The maximum Gasteiger partial charge on any atom is 0.254 e. The molecule has 1 unspecified atom stereocenters. The predicted octanol–water partition coefficient (Wildman–Crippen LogP) is 3.46. The van der Waals surface area contributed by atoms with Crippen molar-refractivity contribution in [3.8, 4) is 0 Å². The fourth-order valence-corrected chi connectivity index (χ4v) is 2.86. The molecule has 0 bridgehead atoms. The Bertz CT molecular complexity index is 666. The average Bonchev–Trinajstić information content (AvgIpc) is 3.12. The summed E-state index contributed by atoms with van der Waals surface area (Å²) in [6.45, 7) is 1.25. The lowest BCUT2D eigenvalue weighted by Gasteiger charge is -2.08. The zero-order valence-electron chi connectivity index (χ0n) is 11.8. The van der Waals surface area contributed by atoms with Crippen molar-refractivity contribution >= 4 is 39.3 Å². The summed E-state index contributed by atoms with van der Waals surface area (Å²) in [5.74, 6) is 0.365. The van der Waals surface area contributed by atoms with Crippen molar-refractivity contribution < 1.29 is 9.53 Å². The smallest absolute Gasteiger partial charge is 0.254 e. The van der Waals surface area contributed by atoms with Crippen molar-refractivity contribution in [2.75, 3.05) is 11.9 Å². The third-order valence-corrected chi connectivity index (χ3v) is 4.27. The minimum atomic E-state index is -0.367. The van der Waals surface area contributed by atoms with Crippen LogP contribution >= 0.6 is 27.5 Å². The summed E-state index contributed by atoms with van der Waals surface area (Å²) in [6.07, 6.45) is 3.15. The summed E-state index contributed by atoms with van der Waals surface area (Å²) in [5.41, 5.74) is 1.08. The van der Waals surface area contributed by atoms with Crippen LogP contribution in [0.1, 0.15) is 18.4 Å². The van der Waals surface area contributed by atoms with Crippen molar-refractivity contribution in [3.63, 3.8) is 0 Å². The lowest BCUT2D eigenvalue weighted by Crippen LogP contribution is -2.27. The van der Waals surface area contributed by atoms with E-state index in [0.29, 0.717) is 24.0 Å². The predicted molar refractivity (Wildman–Crippen MR) is 88.1 cm³/mol. The van der Waals surface area contributed by atoms with Gasteiger partial charge in [0.1, 0.15) is 6.10 Å². The van der Waals surface area contributed by atoms with E-state index >= 15 is 0 Å². The summed E-state index contributed by atoms with van der Waals surface area (Å²) in [5, 5.41) is 7.90. The molecule has 1 aromatic carbocycles. The number of nitrogens with zero attached hydrogens (tertiary/aromatic N) is 2. The molecule has 1 aliphatic heterocycles. The Morgan fingerprint density at radius 3 is 2.91 bits per heavy atom. The molecule has 5 nitrogen and oxygen atoms in total. The molecule has 0 aliphatic carbocycles. The number of benzene rings is 1. The van der Waals surface area contributed by atoms with E-state index in [1.165, 1.54) is 0 Å². The average molecular weight is 385 g/mol. The second kappa shape index (κ2) is 6.81. The highest BCUT2D eigenvalue weighted by Gasteiger charge is 2.24. The summed E-state index contributed by atoms with van der Waals surface area (Å²) in [4.78, 5) is 12.1. The minimum Gasteiger partial charge on any atom is -0.368 e. The quantitative estimate of drug-likeness (QED) is 0.878. The van der Waals surface area contributed by atoms with Crippen LogP contribution in [0.4, 0.5) is 5.82 Å². The number of anilines is 1. The van der Waals surface area contributed by atoms with Gasteiger partial charge >= 0.3 is 0 Å². The normalized spacial score (nSPS) is 17.6. The van der Waals surface area contributed by atoms with Gasteiger partial charge in [0.2, 0.25) is 0 Å². The first-order chi connectivity index (χ1) is 10.6. The van der Waals surface area contributed by atoms with Gasteiger partial charge in [0.15, 0.2) is 5.82 Å². The number of amides is 1. The van der Waals surface area contributed by atoms with Crippen LogP contribution in [0.2, 0.25) is 5.02 Å². The molecule has 0 saturated carbocycles. The number of nitrogens with one attached hydrogen (secondary N) is 1. The van der Waals surface area contributed by atoms with Crippen LogP contribution in [0, 0.1) is 0 Å². The first-order valence-electron chi connectivity index (χ1n) is 7.02. The van der Waals surface area contributed by atoms with E-state index in [-0.39, 0.29) is 12.0 Å². The van der Waals surface area contributed by atoms with E-state index in [2.05, 4.69) is 26.3 Å². The van der Waals surface area contributed by atoms with Gasteiger partial charge in [-0.15, -0.1) is 0 Å². The van der Waals surface area contributed by atoms with Gasteiger partial charge in [0.25, 0.3) is 5.91 Å². The second-order valence-corrected chi connectivity index (χ2v) is 6.43. The van der Waals surface area contributed by atoms with Gasteiger partial charge in [-0.1, -0.05) is 23.7 Å². The largest absolute Gasteiger partial charge is 0.368 e. The van der Waals surface area contributed by atoms with E-state index < -0.39 is 0 Å². The summed E-state index contributed by atoms with van der Waals surface area (Å²) in [6, 6.07) is 7.58. The van der Waals surface area contributed by atoms with Gasteiger partial charge in [-0.05, 0) is 46.5 Å². The molecule has 116 valence electrons. The molecule has 1 saturated heterocycles. The summed E-state index contributed by atoms with van der Waals surface area (Å²) >= 11 is 9.29. The van der Waals surface area contributed by atoms with Crippen molar-refractivity contribution in [3.05, 3.63) is 45.5 Å². The first-order valence-corrected chi connectivity index (χ1v) is 8.19. The number of carbonyl (C=O) groups excluding carboxylic acids is 1. The van der Waals surface area contributed by atoms with E-state index in [9.17, 15) is 4.79 Å². The second-order valence-electron chi connectivity index (χ2n) is 5.14. The Morgan fingerprint density at radius 2 is 2.23 bits per heavy atom. The molecule has 1 fully saturated rings. The van der Waals surface area contributed by atoms with Gasteiger partial charge in [0, 0.05) is 17.8 Å². The third-order valence-electron chi connectivity index (χ3n) is 3.44. The Balaban J connectivity index is 1.67. The molecule has 0 radical (unpaired) electrons. The molecular formula is C15H15BrClN3O2. The van der Waals surface area contributed by atoms with E-state index in [1.807, 2.05) is 30.5 Å². The highest BCUT2D eigenvalue weighted by Crippen LogP contribution is 2.22. The fourth-order valence-electron chi connectivity index (χ4n) is 2.32. The summed E-state index contributed by atoms with van der Waals surface area (Å²) < 4.78 is 7.87. The highest BCUT2D eigenvalue weighted by molar-refractivity contribution is 9.10. The van der Waals surface area contributed by atoms with Crippen LogP contribution in [0.3, 0.4) is 0 Å². The van der Waals surface area contributed by atoms with Crippen LogP contribution in [-0.4, -0.2) is 28.4 Å². The van der Waals surface area contributed by atoms with E-state index in [1.54, 1.807) is 4.68 Å². The van der Waals surface area contributed by atoms with E-state index in [4.69, 9.17) is 16.3 Å². The number of halogens is 2. The zero-order chi connectivity index (χ0) is 15.5. The lowest BCUT2D eigenvalue weighted by molar-refractivity contribution is -0.124. The molecule has 22 heavy (non-hydrogen) atoms. The van der Waals surface area contributed by atoms with Crippen molar-refractivity contribution in [2.45, 2.75) is 25.5 Å². The SMILES string of the molecule is O=C(Nc1nn(Cc2ccc(Cl)cc2)cc1Br)C1CCCO1. The standard InChI is InChI=1S/C15H15BrClN3O2/c16-12-9-20(8-10-3-5-11(17)6-4-10)19-14(12)18-15(21)13-2-1-7-22-13/h3-6,9,13H,1-2,7-8H2,(H,18,19,21). The topological polar surface area (TPSA) is 56.2 Å².